The summed E-state index contributed by atoms with van der Waals surface area (Å²) >= 11 is 6.00. The molecule has 104 valence electrons. The van der Waals surface area contributed by atoms with Crippen LogP contribution in [0.15, 0.2) is 18.2 Å². The van der Waals surface area contributed by atoms with E-state index in [-0.39, 0.29) is 18.4 Å². The number of carbonyl (C=O) groups excluding carboxylic acids is 2. The largest absolute Gasteiger partial charge is 0.325 e. The molecule has 0 aliphatic heterocycles. The highest BCUT2D eigenvalue weighted by Gasteiger charge is 2.06. The Hall–Kier alpha value is -1.59. The van der Waals surface area contributed by atoms with Gasteiger partial charge in [-0.15, -0.1) is 0 Å². The van der Waals surface area contributed by atoms with Gasteiger partial charge in [0.25, 0.3) is 0 Å². The summed E-state index contributed by atoms with van der Waals surface area (Å²) in [5.74, 6) is -0.320. The Kier molecular flexibility index (Phi) is 6.32. The zero-order valence-electron chi connectivity index (χ0n) is 11.0. The van der Waals surface area contributed by atoms with Crippen LogP contribution >= 0.6 is 11.6 Å². The first kappa shape index (κ1) is 15.5. The highest BCUT2D eigenvalue weighted by Crippen LogP contribution is 2.25. The number of amides is 2. The van der Waals surface area contributed by atoms with E-state index in [1.54, 1.807) is 18.2 Å². The van der Waals surface area contributed by atoms with Gasteiger partial charge in [-0.3, -0.25) is 9.59 Å². The van der Waals surface area contributed by atoms with Crippen molar-refractivity contribution in [2.75, 3.05) is 23.7 Å². The lowest BCUT2D eigenvalue weighted by Gasteiger charge is -2.09. The maximum atomic E-state index is 11.6. The molecule has 0 bridgehead atoms. The highest BCUT2D eigenvalue weighted by atomic mass is 35.5. The molecule has 0 saturated carbocycles. The van der Waals surface area contributed by atoms with Crippen LogP contribution in [0.25, 0.3) is 0 Å². The summed E-state index contributed by atoms with van der Waals surface area (Å²) in [4.78, 5) is 22.5. The van der Waals surface area contributed by atoms with Crippen molar-refractivity contribution in [2.24, 2.45) is 0 Å². The number of halogens is 1. The molecule has 0 spiro atoms. The molecule has 0 aliphatic rings. The first-order valence-corrected chi connectivity index (χ1v) is 6.48. The predicted molar refractivity (Wildman–Crippen MR) is 77.5 cm³/mol. The lowest BCUT2D eigenvalue weighted by molar-refractivity contribution is -0.115. The van der Waals surface area contributed by atoms with E-state index in [9.17, 15) is 9.59 Å². The third kappa shape index (κ3) is 5.72. The van der Waals surface area contributed by atoms with Gasteiger partial charge >= 0.3 is 0 Å². The van der Waals surface area contributed by atoms with Gasteiger partial charge in [0, 0.05) is 12.6 Å². The highest BCUT2D eigenvalue weighted by molar-refractivity contribution is 6.34. The van der Waals surface area contributed by atoms with Gasteiger partial charge in [-0.25, -0.2) is 0 Å². The minimum absolute atomic E-state index is 0.128. The number of carbonyl (C=O) groups is 2. The van der Waals surface area contributed by atoms with E-state index in [0.29, 0.717) is 16.4 Å². The van der Waals surface area contributed by atoms with Crippen molar-refractivity contribution in [1.82, 2.24) is 5.32 Å². The van der Waals surface area contributed by atoms with E-state index in [1.807, 2.05) is 6.92 Å². The third-order valence-electron chi connectivity index (χ3n) is 2.28. The number of hydrogen-bond donors (Lipinski definition) is 3. The van der Waals surface area contributed by atoms with Crippen LogP contribution < -0.4 is 16.0 Å². The van der Waals surface area contributed by atoms with Crippen molar-refractivity contribution in [1.29, 1.82) is 0 Å². The van der Waals surface area contributed by atoms with Crippen molar-refractivity contribution in [3.05, 3.63) is 23.2 Å². The Morgan fingerprint density at radius 1 is 1.26 bits per heavy atom. The maximum absolute atomic E-state index is 11.6. The molecule has 2 amide bonds. The van der Waals surface area contributed by atoms with Gasteiger partial charge in [-0.05, 0) is 31.2 Å². The zero-order valence-corrected chi connectivity index (χ0v) is 11.8. The van der Waals surface area contributed by atoms with Gasteiger partial charge in [0.2, 0.25) is 11.8 Å². The molecule has 0 aromatic heterocycles. The third-order valence-corrected chi connectivity index (χ3v) is 2.59. The molecule has 3 N–H and O–H groups in total. The average molecular weight is 284 g/mol. The topological polar surface area (TPSA) is 70.2 Å². The molecular weight excluding hydrogens is 266 g/mol. The molecule has 0 fully saturated rings. The Labute approximate surface area is 117 Å². The summed E-state index contributed by atoms with van der Waals surface area (Å²) < 4.78 is 0. The second-order valence-corrected chi connectivity index (χ2v) is 4.51. The molecule has 1 aromatic carbocycles. The van der Waals surface area contributed by atoms with Crippen molar-refractivity contribution >= 4 is 34.8 Å². The molecule has 0 heterocycles. The smallest absolute Gasteiger partial charge is 0.238 e. The van der Waals surface area contributed by atoms with Gasteiger partial charge in [0.15, 0.2) is 0 Å². The summed E-state index contributed by atoms with van der Waals surface area (Å²) in [5.41, 5.74) is 1.12. The van der Waals surface area contributed by atoms with E-state index < -0.39 is 0 Å². The number of anilines is 2. The number of rotatable bonds is 6. The van der Waals surface area contributed by atoms with Gasteiger partial charge in [-0.1, -0.05) is 18.5 Å². The van der Waals surface area contributed by atoms with Crippen LogP contribution in [-0.2, 0) is 9.59 Å². The summed E-state index contributed by atoms with van der Waals surface area (Å²) in [6.45, 7) is 4.51. The normalized spacial score (nSPS) is 10.1. The lowest BCUT2D eigenvalue weighted by Crippen LogP contribution is -2.28. The molecular formula is C13H18ClN3O2. The van der Waals surface area contributed by atoms with Crippen LogP contribution in [0, 0.1) is 0 Å². The van der Waals surface area contributed by atoms with Gasteiger partial charge in [-0.2, -0.15) is 0 Å². The van der Waals surface area contributed by atoms with Crippen molar-refractivity contribution < 1.29 is 9.59 Å². The first-order chi connectivity index (χ1) is 9.02. The maximum Gasteiger partial charge on any atom is 0.238 e. The average Bonchev–Trinajstić information content (AvgIpc) is 2.32. The molecule has 0 radical (unpaired) electrons. The van der Waals surface area contributed by atoms with E-state index in [2.05, 4.69) is 16.0 Å². The molecule has 1 rings (SSSR count). The SMILES string of the molecule is CCCNCC(=O)Nc1ccc(NC(C)=O)c(Cl)c1. The minimum atomic E-state index is -0.192. The second-order valence-electron chi connectivity index (χ2n) is 4.10. The van der Waals surface area contributed by atoms with Crippen LogP contribution in [0.1, 0.15) is 20.3 Å². The molecule has 0 saturated heterocycles. The Morgan fingerprint density at radius 2 is 2.00 bits per heavy atom. The molecule has 0 unspecified atom stereocenters. The monoisotopic (exact) mass is 283 g/mol. The van der Waals surface area contributed by atoms with Gasteiger partial charge < -0.3 is 16.0 Å². The van der Waals surface area contributed by atoms with Crippen LogP contribution in [-0.4, -0.2) is 24.9 Å². The summed E-state index contributed by atoms with van der Waals surface area (Å²) in [6.07, 6.45) is 0.977. The van der Waals surface area contributed by atoms with Crippen molar-refractivity contribution in [3.8, 4) is 0 Å². The Balaban J connectivity index is 2.58. The molecule has 19 heavy (non-hydrogen) atoms. The fraction of sp³-hybridized carbons (Fsp3) is 0.385. The summed E-state index contributed by atoms with van der Waals surface area (Å²) in [5, 5.41) is 8.71. The zero-order chi connectivity index (χ0) is 14.3. The van der Waals surface area contributed by atoms with Crippen LogP contribution in [0.2, 0.25) is 5.02 Å². The molecule has 5 nitrogen and oxygen atoms in total. The summed E-state index contributed by atoms with van der Waals surface area (Å²) in [7, 11) is 0. The van der Waals surface area contributed by atoms with Crippen molar-refractivity contribution in [3.63, 3.8) is 0 Å². The predicted octanol–water partition coefficient (Wildman–Crippen LogP) is 2.24. The molecule has 6 heteroatoms. The van der Waals surface area contributed by atoms with Crippen LogP contribution in [0.4, 0.5) is 11.4 Å². The second kappa shape index (κ2) is 7.76. The fourth-order valence-electron chi connectivity index (χ4n) is 1.47. The van der Waals surface area contributed by atoms with E-state index in [0.717, 1.165) is 13.0 Å². The van der Waals surface area contributed by atoms with Crippen molar-refractivity contribution in [2.45, 2.75) is 20.3 Å². The fourth-order valence-corrected chi connectivity index (χ4v) is 1.70. The van der Waals surface area contributed by atoms with Crippen LogP contribution in [0.5, 0.6) is 0 Å². The molecule has 1 aromatic rings. The number of benzene rings is 1. The van der Waals surface area contributed by atoms with Gasteiger partial charge in [0.1, 0.15) is 0 Å². The standard InChI is InChI=1S/C13H18ClN3O2/c1-3-6-15-8-13(19)17-10-4-5-12(11(14)7-10)16-9(2)18/h4-5,7,15H,3,6,8H2,1-2H3,(H,16,18)(H,17,19). The molecule has 0 aliphatic carbocycles. The lowest BCUT2D eigenvalue weighted by atomic mass is 10.2. The first-order valence-electron chi connectivity index (χ1n) is 6.10. The number of nitrogens with one attached hydrogen (secondary N) is 3. The quantitative estimate of drug-likeness (QED) is 0.701. The Bertz CT molecular complexity index is 463. The Morgan fingerprint density at radius 3 is 2.58 bits per heavy atom. The number of hydrogen-bond acceptors (Lipinski definition) is 3. The van der Waals surface area contributed by atoms with Gasteiger partial charge in [0.05, 0.1) is 17.3 Å². The van der Waals surface area contributed by atoms with E-state index in [1.165, 1.54) is 6.92 Å². The molecule has 0 atom stereocenters. The minimum Gasteiger partial charge on any atom is -0.325 e. The van der Waals surface area contributed by atoms with E-state index in [4.69, 9.17) is 11.6 Å². The van der Waals surface area contributed by atoms with Crippen LogP contribution in [0.3, 0.4) is 0 Å². The summed E-state index contributed by atoms with van der Waals surface area (Å²) in [6, 6.07) is 4.94. The van der Waals surface area contributed by atoms with E-state index >= 15 is 0 Å².